The van der Waals surface area contributed by atoms with Gasteiger partial charge in [0.1, 0.15) is 11.3 Å². The minimum absolute atomic E-state index is 0.0510. The molecule has 0 saturated heterocycles. The molecule has 1 N–H and O–H groups in total. The lowest BCUT2D eigenvalue weighted by Crippen LogP contribution is -3.05. The highest BCUT2D eigenvalue weighted by Crippen LogP contribution is 2.33. The molecule has 4 nitrogen and oxygen atoms in total. The molecule has 0 aliphatic rings. The van der Waals surface area contributed by atoms with Gasteiger partial charge in [-0.3, -0.25) is 9.69 Å². The standard InChI is InChI=1S/C19H19ClFN3OS/c1-23(2)11-6-12-24(18(25)13-7-3-4-9-15(13)21)19-22-17-14(20)8-5-10-16(17)26-19/h3-5,7-10H,6,11-12H2,1-2H3/p+1. The summed E-state index contributed by atoms with van der Waals surface area (Å²) < 4.78 is 15.0. The van der Waals surface area contributed by atoms with Crippen LogP contribution in [0.3, 0.4) is 0 Å². The van der Waals surface area contributed by atoms with Crippen LogP contribution in [0.5, 0.6) is 0 Å². The van der Waals surface area contributed by atoms with Crippen LogP contribution in [-0.4, -0.2) is 38.1 Å². The van der Waals surface area contributed by atoms with Crippen molar-refractivity contribution in [3.05, 3.63) is 58.9 Å². The largest absolute Gasteiger partial charge is 0.340 e. The zero-order chi connectivity index (χ0) is 18.7. The third-order valence-electron chi connectivity index (χ3n) is 4.00. The molecule has 0 atom stereocenters. The topological polar surface area (TPSA) is 37.6 Å². The molecule has 0 saturated carbocycles. The van der Waals surface area contributed by atoms with E-state index in [4.69, 9.17) is 11.6 Å². The van der Waals surface area contributed by atoms with E-state index in [1.165, 1.54) is 28.4 Å². The maximum atomic E-state index is 14.1. The van der Waals surface area contributed by atoms with E-state index in [0.717, 1.165) is 17.7 Å². The van der Waals surface area contributed by atoms with Crippen LogP contribution in [0.4, 0.5) is 9.52 Å². The fourth-order valence-corrected chi connectivity index (χ4v) is 3.96. The summed E-state index contributed by atoms with van der Waals surface area (Å²) in [4.78, 5) is 20.4. The molecule has 7 heteroatoms. The third-order valence-corrected chi connectivity index (χ3v) is 5.35. The predicted molar refractivity (Wildman–Crippen MR) is 105 cm³/mol. The van der Waals surface area contributed by atoms with Crippen molar-refractivity contribution in [3.63, 3.8) is 0 Å². The van der Waals surface area contributed by atoms with Gasteiger partial charge < -0.3 is 4.90 Å². The van der Waals surface area contributed by atoms with Crippen LogP contribution in [0.1, 0.15) is 16.8 Å². The Balaban J connectivity index is 1.97. The maximum absolute atomic E-state index is 14.1. The lowest BCUT2D eigenvalue weighted by atomic mass is 10.2. The Bertz CT molecular complexity index is 928. The molecular weight excluding hydrogens is 373 g/mol. The molecule has 0 spiro atoms. The van der Waals surface area contributed by atoms with Crippen LogP contribution in [0.25, 0.3) is 10.2 Å². The van der Waals surface area contributed by atoms with Crippen molar-refractivity contribution in [1.29, 1.82) is 0 Å². The molecule has 0 bridgehead atoms. The van der Waals surface area contributed by atoms with Gasteiger partial charge in [0.2, 0.25) is 0 Å². The molecule has 3 rings (SSSR count). The average molecular weight is 393 g/mol. The number of carbonyl (C=O) groups is 1. The zero-order valence-electron chi connectivity index (χ0n) is 14.6. The second-order valence-corrected chi connectivity index (χ2v) is 7.75. The zero-order valence-corrected chi connectivity index (χ0v) is 16.2. The number of para-hydroxylation sites is 1. The van der Waals surface area contributed by atoms with Crippen molar-refractivity contribution in [2.24, 2.45) is 0 Å². The molecule has 1 heterocycles. The quantitative estimate of drug-likeness (QED) is 0.699. The number of quaternary nitrogens is 1. The first-order valence-corrected chi connectivity index (χ1v) is 9.57. The summed E-state index contributed by atoms with van der Waals surface area (Å²) in [6, 6.07) is 11.6. The number of rotatable bonds is 6. The molecule has 1 aromatic heterocycles. The van der Waals surface area contributed by atoms with E-state index in [1.807, 2.05) is 12.1 Å². The van der Waals surface area contributed by atoms with Gasteiger partial charge in [-0.05, 0) is 24.3 Å². The van der Waals surface area contributed by atoms with Gasteiger partial charge in [0.15, 0.2) is 5.13 Å². The Kier molecular flexibility index (Phi) is 5.86. The van der Waals surface area contributed by atoms with Crippen molar-refractivity contribution in [3.8, 4) is 0 Å². The summed E-state index contributed by atoms with van der Waals surface area (Å²) in [7, 11) is 4.11. The summed E-state index contributed by atoms with van der Waals surface area (Å²) in [5.74, 6) is -0.910. The Labute approximate surface area is 160 Å². The van der Waals surface area contributed by atoms with Crippen LogP contribution in [0.2, 0.25) is 5.02 Å². The number of aromatic nitrogens is 1. The number of benzene rings is 2. The first kappa shape index (κ1) is 18.8. The van der Waals surface area contributed by atoms with Crippen molar-refractivity contribution >= 4 is 44.2 Å². The van der Waals surface area contributed by atoms with Crippen molar-refractivity contribution in [2.75, 3.05) is 32.1 Å². The maximum Gasteiger partial charge on any atom is 0.263 e. The fourth-order valence-electron chi connectivity index (χ4n) is 2.67. The smallest absolute Gasteiger partial charge is 0.263 e. The Morgan fingerprint density at radius 3 is 2.69 bits per heavy atom. The average Bonchev–Trinajstić information content (AvgIpc) is 3.03. The van der Waals surface area contributed by atoms with Gasteiger partial charge in [-0.15, -0.1) is 0 Å². The highest BCUT2D eigenvalue weighted by atomic mass is 35.5. The highest BCUT2D eigenvalue weighted by molar-refractivity contribution is 7.22. The Morgan fingerprint density at radius 1 is 1.23 bits per heavy atom. The van der Waals surface area contributed by atoms with E-state index in [0.29, 0.717) is 22.2 Å². The minimum atomic E-state index is -0.528. The summed E-state index contributed by atoms with van der Waals surface area (Å²) in [5.41, 5.74) is 0.716. The van der Waals surface area contributed by atoms with Gasteiger partial charge in [0, 0.05) is 13.0 Å². The summed E-state index contributed by atoms with van der Waals surface area (Å²) in [6.07, 6.45) is 0.784. The van der Waals surface area contributed by atoms with Gasteiger partial charge in [0.05, 0.1) is 35.9 Å². The van der Waals surface area contributed by atoms with E-state index < -0.39 is 5.82 Å². The molecule has 0 radical (unpaired) electrons. The Morgan fingerprint density at radius 2 is 2.00 bits per heavy atom. The van der Waals surface area contributed by atoms with E-state index in [2.05, 4.69) is 19.1 Å². The number of nitrogens with zero attached hydrogens (tertiary/aromatic N) is 2. The molecule has 0 aliphatic heterocycles. The van der Waals surface area contributed by atoms with Crippen LogP contribution >= 0.6 is 22.9 Å². The number of fused-ring (bicyclic) bond motifs is 1. The number of anilines is 1. The lowest BCUT2D eigenvalue weighted by molar-refractivity contribution is -0.858. The van der Waals surface area contributed by atoms with E-state index in [1.54, 1.807) is 23.1 Å². The molecule has 0 fully saturated rings. The van der Waals surface area contributed by atoms with Crippen LogP contribution in [-0.2, 0) is 0 Å². The highest BCUT2D eigenvalue weighted by Gasteiger charge is 2.24. The fraction of sp³-hybridized carbons (Fsp3) is 0.263. The SMILES string of the molecule is C[NH+](C)CCCN(C(=O)c1ccccc1F)c1nc2c(Cl)cccc2s1. The first-order valence-electron chi connectivity index (χ1n) is 8.38. The monoisotopic (exact) mass is 392 g/mol. The van der Waals surface area contributed by atoms with Gasteiger partial charge in [-0.25, -0.2) is 9.37 Å². The van der Waals surface area contributed by atoms with Crippen LogP contribution in [0, 0.1) is 5.82 Å². The second kappa shape index (κ2) is 8.12. The number of thiazole rings is 1. The first-order chi connectivity index (χ1) is 12.5. The molecule has 0 unspecified atom stereocenters. The van der Waals surface area contributed by atoms with Gasteiger partial charge in [0.25, 0.3) is 5.91 Å². The number of halogens is 2. The Hall–Kier alpha value is -2.02. The van der Waals surface area contributed by atoms with E-state index in [9.17, 15) is 9.18 Å². The van der Waals surface area contributed by atoms with Crippen LogP contribution in [0.15, 0.2) is 42.5 Å². The van der Waals surface area contributed by atoms with Gasteiger partial charge in [-0.2, -0.15) is 0 Å². The van der Waals surface area contributed by atoms with Crippen molar-refractivity contribution < 1.29 is 14.1 Å². The minimum Gasteiger partial charge on any atom is -0.340 e. The molecule has 26 heavy (non-hydrogen) atoms. The van der Waals surface area contributed by atoms with Gasteiger partial charge >= 0.3 is 0 Å². The predicted octanol–water partition coefficient (Wildman–Crippen LogP) is 3.27. The van der Waals surface area contributed by atoms with E-state index in [-0.39, 0.29) is 11.5 Å². The number of carbonyl (C=O) groups excluding carboxylic acids is 1. The van der Waals surface area contributed by atoms with Gasteiger partial charge in [-0.1, -0.05) is 41.1 Å². The third kappa shape index (κ3) is 4.03. The normalized spacial score (nSPS) is 11.3. The van der Waals surface area contributed by atoms with Crippen molar-refractivity contribution in [1.82, 2.24) is 4.98 Å². The molecule has 1 amide bonds. The number of amides is 1. The number of hydrogen-bond donors (Lipinski definition) is 1. The number of nitrogens with one attached hydrogen (secondary N) is 1. The summed E-state index contributed by atoms with van der Waals surface area (Å²) >= 11 is 7.61. The number of hydrogen-bond acceptors (Lipinski definition) is 3. The molecule has 3 aromatic rings. The summed E-state index contributed by atoms with van der Waals surface area (Å²) in [5, 5.41) is 1.08. The van der Waals surface area contributed by atoms with Crippen LogP contribution < -0.4 is 9.80 Å². The molecular formula is C19H20ClFN3OS+. The lowest BCUT2D eigenvalue weighted by Gasteiger charge is -2.20. The molecule has 0 aliphatic carbocycles. The summed E-state index contributed by atoms with van der Waals surface area (Å²) in [6.45, 7) is 1.36. The van der Waals surface area contributed by atoms with Crippen molar-refractivity contribution in [2.45, 2.75) is 6.42 Å². The molecule has 136 valence electrons. The second-order valence-electron chi connectivity index (χ2n) is 6.33. The molecule has 2 aromatic carbocycles. The van der Waals surface area contributed by atoms with E-state index >= 15 is 0 Å².